The Balaban J connectivity index is 2.01. The van der Waals surface area contributed by atoms with Crippen molar-refractivity contribution in [1.29, 1.82) is 0 Å². The molecule has 1 N–H and O–H groups in total. The standard InChI is InChI=1S/C16H15IN2O2S2/c1-9(2)14(20)13-8-22-16(19-13)15(21-23-17)11-7-18-12-6-4-3-5-10(11)12/h3-9,15,18H,1-2H3. The van der Waals surface area contributed by atoms with Crippen molar-refractivity contribution < 1.29 is 8.98 Å². The summed E-state index contributed by atoms with van der Waals surface area (Å²) >= 11 is 3.57. The third-order valence-corrected chi connectivity index (χ3v) is 5.34. The lowest BCUT2D eigenvalue weighted by Crippen LogP contribution is -2.09. The number of hydrogen-bond donors (Lipinski definition) is 1. The van der Waals surface area contributed by atoms with Gasteiger partial charge in [0.2, 0.25) is 0 Å². The van der Waals surface area contributed by atoms with Gasteiger partial charge in [0, 0.05) is 55.2 Å². The summed E-state index contributed by atoms with van der Waals surface area (Å²) in [5.74, 6) is 0.00339. The van der Waals surface area contributed by atoms with E-state index in [4.69, 9.17) is 4.18 Å². The Morgan fingerprint density at radius 1 is 1.39 bits per heavy atom. The van der Waals surface area contributed by atoms with Crippen LogP contribution in [0, 0.1) is 5.92 Å². The van der Waals surface area contributed by atoms with Crippen molar-refractivity contribution >= 4 is 58.4 Å². The average molecular weight is 458 g/mol. The number of nitrogens with zero attached hydrogens (tertiary/aromatic N) is 1. The van der Waals surface area contributed by atoms with Gasteiger partial charge in [0.15, 0.2) is 11.9 Å². The molecule has 0 amide bonds. The largest absolute Gasteiger partial charge is 0.361 e. The highest BCUT2D eigenvalue weighted by atomic mass is 127. The summed E-state index contributed by atoms with van der Waals surface area (Å²) < 4.78 is 5.85. The second-order valence-electron chi connectivity index (χ2n) is 5.42. The van der Waals surface area contributed by atoms with Crippen molar-refractivity contribution in [3.8, 4) is 0 Å². The van der Waals surface area contributed by atoms with E-state index < -0.39 is 0 Å². The molecule has 0 radical (unpaired) electrons. The topological polar surface area (TPSA) is 55.0 Å². The minimum absolute atomic E-state index is 0.0589. The van der Waals surface area contributed by atoms with E-state index in [1.807, 2.05) is 43.6 Å². The Hall–Kier alpha value is -0.900. The molecule has 2 heterocycles. The van der Waals surface area contributed by atoms with Crippen LogP contribution >= 0.6 is 41.8 Å². The van der Waals surface area contributed by atoms with Crippen molar-refractivity contribution in [3.05, 3.63) is 52.1 Å². The first-order chi connectivity index (χ1) is 11.1. The van der Waals surface area contributed by atoms with Crippen LogP contribution in [0.5, 0.6) is 0 Å². The first-order valence-electron chi connectivity index (χ1n) is 7.11. The molecular weight excluding hydrogens is 443 g/mol. The summed E-state index contributed by atoms with van der Waals surface area (Å²) in [4.78, 5) is 19.9. The Morgan fingerprint density at radius 2 is 2.17 bits per heavy atom. The quantitative estimate of drug-likeness (QED) is 0.298. The Bertz CT molecular complexity index is 828. The van der Waals surface area contributed by atoms with Crippen LogP contribution in [-0.4, -0.2) is 15.8 Å². The van der Waals surface area contributed by atoms with Gasteiger partial charge in [0.05, 0.1) is 9.21 Å². The van der Waals surface area contributed by atoms with Crippen LogP contribution < -0.4 is 0 Å². The van der Waals surface area contributed by atoms with Gasteiger partial charge in [-0.1, -0.05) is 32.0 Å². The summed E-state index contributed by atoms with van der Waals surface area (Å²) in [6, 6.07) is 8.09. The van der Waals surface area contributed by atoms with E-state index in [2.05, 4.69) is 37.2 Å². The van der Waals surface area contributed by atoms with Gasteiger partial charge in [-0.2, -0.15) is 0 Å². The van der Waals surface area contributed by atoms with E-state index in [0.29, 0.717) is 5.69 Å². The number of aromatic nitrogens is 2. The van der Waals surface area contributed by atoms with Gasteiger partial charge in [-0.25, -0.2) is 4.98 Å². The van der Waals surface area contributed by atoms with Gasteiger partial charge in [-0.15, -0.1) is 11.3 Å². The predicted molar refractivity (Wildman–Crippen MR) is 104 cm³/mol. The first kappa shape index (κ1) is 16.9. The van der Waals surface area contributed by atoms with Gasteiger partial charge in [-0.05, 0) is 6.07 Å². The Kier molecular flexibility index (Phi) is 5.40. The van der Waals surface area contributed by atoms with Gasteiger partial charge in [0.25, 0.3) is 0 Å². The molecular formula is C16H15IN2O2S2. The molecule has 7 heteroatoms. The summed E-state index contributed by atoms with van der Waals surface area (Å²) in [6.07, 6.45) is 1.65. The van der Waals surface area contributed by atoms with E-state index in [1.165, 1.54) is 20.6 Å². The molecule has 3 aromatic rings. The molecule has 2 aromatic heterocycles. The predicted octanol–water partition coefficient (Wildman–Crippen LogP) is 5.57. The van der Waals surface area contributed by atoms with Gasteiger partial charge in [-0.3, -0.25) is 8.98 Å². The van der Waals surface area contributed by atoms with Crippen molar-refractivity contribution in [3.63, 3.8) is 0 Å². The number of para-hydroxylation sites is 1. The zero-order valence-corrected chi connectivity index (χ0v) is 16.4. The molecule has 0 spiro atoms. The van der Waals surface area contributed by atoms with Crippen LogP contribution in [0.3, 0.4) is 0 Å². The number of halogens is 1. The van der Waals surface area contributed by atoms with Crippen LogP contribution in [0.1, 0.15) is 41.0 Å². The molecule has 0 aliphatic rings. The number of H-pyrrole nitrogens is 1. The smallest absolute Gasteiger partial charge is 0.184 e. The van der Waals surface area contributed by atoms with Gasteiger partial charge in [0.1, 0.15) is 10.7 Å². The lowest BCUT2D eigenvalue weighted by molar-refractivity contribution is 0.0934. The molecule has 1 unspecified atom stereocenters. The third-order valence-electron chi connectivity index (χ3n) is 3.56. The molecule has 1 aromatic carbocycles. The van der Waals surface area contributed by atoms with Crippen molar-refractivity contribution in [2.24, 2.45) is 5.92 Å². The maximum absolute atomic E-state index is 12.1. The molecule has 120 valence electrons. The van der Waals surface area contributed by atoms with Crippen molar-refractivity contribution in [2.45, 2.75) is 20.0 Å². The fourth-order valence-corrected chi connectivity index (χ4v) is 4.19. The number of nitrogens with one attached hydrogen (secondary N) is 1. The molecule has 0 saturated heterocycles. The number of rotatable bonds is 6. The minimum atomic E-state index is -0.299. The molecule has 0 fully saturated rings. The number of Topliss-reactive ketones (excluding diaryl/α,β-unsaturated/α-hetero) is 1. The van der Waals surface area contributed by atoms with Crippen LogP contribution in [-0.2, 0) is 4.18 Å². The van der Waals surface area contributed by atoms with Gasteiger partial charge < -0.3 is 4.98 Å². The normalized spacial score (nSPS) is 12.9. The highest BCUT2D eigenvalue weighted by Gasteiger charge is 2.24. The molecule has 0 aliphatic carbocycles. The second kappa shape index (κ2) is 7.33. The fourth-order valence-electron chi connectivity index (χ4n) is 2.39. The maximum atomic E-state index is 12.1. The van der Waals surface area contributed by atoms with E-state index in [9.17, 15) is 4.79 Å². The number of benzene rings is 1. The molecule has 0 bridgehead atoms. The number of carbonyl (C=O) groups excluding carboxylic acids is 1. The van der Waals surface area contributed by atoms with E-state index >= 15 is 0 Å². The molecule has 4 nitrogen and oxygen atoms in total. The Labute approximate surface area is 154 Å². The van der Waals surface area contributed by atoms with Crippen LogP contribution in [0.15, 0.2) is 35.8 Å². The SMILES string of the molecule is CC(C)C(=O)c1csc(C(OSI)c2c[nH]c3ccccc23)n1. The van der Waals surface area contributed by atoms with Crippen molar-refractivity contribution in [2.75, 3.05) is 0 Å². The number of ketones is 1. The zero-order chi connectivity index (χ0) is 16.4. The summed E-state index contributed by atoms with van der Waals surface area (Å²) in [5, 5.41) is 3.72. The molecule has 1 atom stereocenters. The Morgan fingerprint density at radius 3 is 2.91 bits per heavy atom. The summed E-state index contributed by atoms with van der Waals surface area (Å²) in [7, 11) is 1.27. The van der Waals surface area contributed by atoms with E-state index in [1.54, 1.807) is 0 Å². The third kappa shape index (κ3) is 3.47. The highest BCUT2D eigenvalue weighted by molar-refractivity contribution is 14.2. The van der Waals surface area contributed by atoms with Crippen LogP contribution in [0.2, 0.25) is 0 Å². The molecule has 23 heavy (non-hydrogen) atoms. The second-order valence-corrected chi connectivity index (χ2v) is 7.71. The first-order valence-corrected chi connectivity index (χ1v) is 11.3. The maximum Gasteiger partial charge on any atom is 0.184 e. The minimum Gasteiger partial charge on any atom is -0.361 e. The number of hydrogen-bond acceptors (Lipinski definition) is 5. The average Bonchev–Trinajstić information content (AvgIpc) is 3.19. The number of thiazole rings is 1. The number of aromatic amines is 1. The summed E-state index contributed by atoms with van der Waals surface area (Å²) in [6.45, 7) is 3.77. The zero-order valence-electron chi connectivity index (χ0n) is 12.6. The highest BCUT2D eigenvalue weighted by Crippen LogP contribution is 2.37. The molecule has 0 saturated carbocycles. The number of fused-ring (bicyclic) bond motifs is 1. The number of carbonyl (C=O) groups is 1. The van der Waals surface area contributed by atoms with E-state index in [-0.39, 0.29) is 17.8 Å². The van der Waals surface area contributed by atoms with Crippen LogP contribution in [0.4, 0.5) is 0 Å². The monoisotopic (exact) mass is 458 g/mol. The molecule has 3 rings (SSSR count). The summed E-state index contributed by atoms with van der Waals surface area (Å²) in [5.41, 5.74) is 2.61. The lowest BCUT2D eigenvalue weighted by Gasteiger charge is -2.12. The fraction of sp³-hybridized carbons (Fsp3) is 0.250. The lowest BCUT2D eigenvalue weighted by atomic mass is 10.1. The molecule has 0 aliphatic heterocycles. The van der Waals surface area contributed by atoms with Gasteiger partial charge >= 0.3 is 0 Å². The van der Waals surface area contributed by atoms with E-state index in [0.717, 1.165) is 21.5 Å². The van der Waals surface area contributed by atoms with Crippen molar-refractivity contribution in [1.82, 2.24) is 9.97 Å². The van der Waals surface area contributed by atoms with Crippen LogP contribution in [0.25, 0.3) is 10.9 Å².